The number of halogens is 1. The Morgan fingerprint density at radius 2 is 1.35 bits per heavy atom. The van der Waals surface area contributed by atoms with Gasteiger partial charge in [-0.3, -0.25) is 30.0 Å². The van der Waals surface area contributed by atoms with E-state index in [2.05, 4.69) is 52.9 Å². The van der Waals surface area contributed by atoms with E-state index >= 15 is 0 Å². The normalized spacial score (nSPS) is 10.8. The lowest BCUT2D eigenvalue weighted by Gasteiger charge is -2.19. The van der Waals surface area contributed by atoms with E-state index in [0.717, 1.165) is 10.2 Å². The van der Waals surface area contributed by atoms with E-state index in [1.165, 1.54) is 5.56 Å². The average molecular weight is 611 g/mol. The summed E-state index contributed by atoms with van der Waals surface area (Å²) < 4.78 is 11.6. The van der Waals surface area contributed by atoms with Gasteiger partial charge in [-0.2, -0.15) is 0 Å². The van der Waals surface area contributed by atoms with Gasteiger partial charge in [0.15, 0.2) is 6.61 Å². The molecular formula is C30H32BrN3O6. The molecule has 0 aliphatic heterocycles. The van der Waals surface area contributed by atoms with Crippen LogP contribution in [0.3, 0.4) is 0 Å². The SMILES string of the molecule is CC(C)(C)c1ccc(Oc2ccc(NC(=O)CCCC(=O)OCC(=O)NNC(=O)c3ccc(Br)cc3)cc2)cc1. The van der Waals surface area contributed by atoms with Crippen molar-refractivity contribution in [2.75, 3.05) is 11.9 Å². The molecule has 0 bridgehead atoms. The first kappa shape index (κ1) is 30.4. The number of amides is 3. The summed E-state index contributed by atoms with van der Waals surface area (Å²) in [5.41, 5.74) is 6.65. The van der Waals surface area contributed by atoms with Crippen LogP contribution in [0.15, 0.2) is 77.3 Å². The van der Waals surface area contributed by atoms with E-state index in [1.807, 2.05) is 24.3 Å². The maximum Gasteiger partial charge on any atom is 0.306 e. The first-order chi connectivity index (χ1) is 19.0. The van der Waals surface area contributed by atoms with Crippen molar-refractivity contribution in [2.24, 2.45) is 0 Å². The summed E-state index contributed by atoms with van der Waals surface area (Å²) in [6.45, 7) is 5.90. The zero-order valence-corrected chi connectivity index (χ0v) is 24.2. The molecule has 0 fully saturated rings. The summed E-state index contributed by atoms with van der Waals surface area (Å²) in [5.74, 6) is -0.718. The summed E-state index contributed by atoms with van der Waals surface area (Å²) in [6.07, 6.45) is 0.313. The second-order valence-corrected chi connectivity index (χ2v) is 10.9. The largest absolute Gasteiger partial charge is 0.457 e. The van der Waals surface area contributed by atoms with Gasteiger partial charge < -0.3 is 14.8 Å². The van der Waals surface area contributed by atoms with E-state index < -0.39 is 24.4 Å². The van der Waals surface area contributed by atoms with Crippen molar-refractivity contribution in [3.8, 4) is 11.5 Å². The predicted molar refractivity (Wildman–Crippen MR) is 155 cm³/mol. The average Bonchev–Trinajstić information content (AvgIpc) is 2.92. The van der Waals surface area contributed by atoms with Gasteiger partial charge in [0.25, 0.3) is 11.8 Å². The smallest absolute Gasteiger partial charge is 0.306 e. The fourth-order valence-electron chi connectivity index (χ4n) is 3.44. The molecule has 3 rings (SSSR count). The molecule has 3 N–H and O–H groups in total. The van der Waals surface area contributed by atoms with Gasteiger partial charge in [0.1, 0.15) is 11.5 Å². The Labute approximate surface area is 241 Å². The molecule has 0 spiro atoms. The molecule has 3 aromatic carbocycles. The number of rotatable bonds is 10. The van der Waals surface area contributed by atoms with Gasteiger partial charge >= 0.3 is 5.97 Å². The second-order valence-electron chi connectivity index (χ2n) is 9.97. The minimum atomic E-state index is -0.689. The predicted octanol–water partition coefficient (Wildman–Crippen LogP) is 5.65. The summed E-state index contributed by atoms with van der Waals surface area (Å²) in [4.78, 5) is 47.9. The molecule has 0 unspecified atom stereocenters. The lowest BCUT2D eigenvalue weighted by molar-refractivity contribution is -0.148. The number of carbonyl (C=O) groups excluding carboxylic acids is 4. The van der Waals surface area contributed by atoms with Gasteiger partial charge in [0, 0.05) is 28.6 Å². The topological polar surface area (TPSA) is 123 Å². The third-order valence-corrected chi connectivity index (χ3v) is 6.19. The van der Waals surface area contributed by atoms with Crippen LogP contribution in [0, 0.1) is 0 Å². The molecule has 0 radical (unpaired) electrons. The summed E-state index contributed by atoms with van der Waals surface area (Å²) in [6, 6.07) is 21.5. The minimum Gasteiger partial charge on any atom is -0.457 e. The zero-order chi connectivity index (χ0) is 29.1. The van der Waals surface area contributed by atoms with Crippen molar-refractivity contribution in [3.63, 3.8) is 0 Å². The van der Waals surface area contributed by atoms with Crippen LogP contribution in [0.1, 0.15) is 56.0 Å². The van der Waals surface area contributed by atoms with Gasteiger partial charge in [0.2, 0.25) is 5.91 Å². The Kier molecular flexibility index (Phi) is 10.8. The van der Waals surface area contributed by atoms with Crippen LogP contribution in [0.25, 0.3) is 0 Å². The molecule has 0 heterocycles. The zero-order valence-electron chi connectivity index (χ0n) is 22.6. The highest BCUT2D eigenvalue weighted by Gasteiger charge is 2.14. The molecule has 3 amide bonds. The van der Waals surface area contributed by atoms with E-state index in [0.29, 0.717) is 17.0 Å². The van der Waals surface area contributed by atoms with E-state index in [1.54, 1.807) is 48.5 Å². The van der Waals surface area contributed by atoms with Crippen molar-refractivity contribution >= 4 is 45.3 Å². The number of hydrazine groups is 1. The number of ether oxygens (including phenoxy) is 2. The number of carbonyl (C=O) groups is 4. The molecule has 210 valence electrons. The second kappa shape index (κ2) is 14.3. The number of hydrogen-bond donors (Lipinski definition) is 3. The molecule has 0 aliphatic carbocycles. The lowest BCUT2D eigenvalue weighted by atomic mass is 9.87. The molecule has 0 atom stereocenters. The van der Waals surface area contributed by atoms with Gasteiger partial charge in [0.05, 0.1) is 0 Å². The highest BCUT2D eigenvalue weighted by molar-refractivity contribution is 9.10. The van der Waals surface area contributed by atoms with E-state index in [-0.39, 0.29) is 30.6 Å². The van der Waals surface area contributed by atoms with Gasteiger partial charge in [-0.1, -0.05) is 48.8 Å². The first-order valence-corrected chi connectivity index (χ1v) is 13.5. The standard InChI is InChI=1S/C30H32BrN3O6/c1-30(2,3)21-9-15-24(16-10-21)40-25-17-13-23(14-18-25)32-26(35)5-4-6-28(37)39-19-27(36)33-34-29(38)20-7-11-22(31)12-8-20/h7-18H,4-6,19H2,1-3H3,(H,32,35)(H,33,36)(H,34,38). The quantitative estimate of drug-likeness (QED) is 0.201. The Bertz CT molecular complexity index is 1320. The summed E-state index contributed by atoms with van der Waals surface area (Å²) in [5, 5.41) is 2.77. The number of benzene rings is 3. The molecule has 0 aliphatic rings. The van der Waals surface area contributed by atoms with Crippen LogP contribution in [-0.2, 0) is 24.5 Å². The molecule has 0 saturated heterocycles. The summed E-state index contributed by atoms with van der Waals surface area (Å²) >= 11 is 3.27. The first-order valence-electron chi connectivity index (χ1n) is 12.7. The van der Waals surface area contributed by atoms with Gasteiger partial charge in [-0.05, 0) is 78.1 Å². The molecule has 0 saturated carbocycles. The monoisotopic (exact) mass is 609 g/mol. The van der Waals surface area contributed by atoms with Crippen molar-refractivity contribution in [3.05, 3.63) is 88.4 Å². The number of hydrogen-bond acceptors (Lipinski definition) is 6. The van der Waals surface area contributed by atoms with Crippen molar-refractivity contribution < 1.29 is 28.7 Å². The third kappa shape index (κ3) is 10.2. The van der Waals surface area contributed by atoms with Crippen LogP contribution >= 0.6 is 15.9 Å². The molecule has 0 aromatic heterocycles. The maximum atomic E-state index is 12.2. The number of anilines is 1. The molecule has 9 nitrogen and oxygen atoms in total. The minimum absolute atomic E-state index is 0.0350. The molecule has 40 heavy (non-hydrogen) atoms. The van der Waals surface area contributed by atoms with Crippen LogP contribution in [-0.4, -0.2) is 30.3 Å². The Balaban J connectivity index is 1.31. The third-order valence-electron chi connectivity index (χ3n) is 5.66. The number of esters is 1. The molecular weight excluding hydrogens is 578 g/mol. The number of nitrogens with one attached hydrogen (secondary N) is 3. The van der Waals surface area contributed by atoms with Crippen LogP contribution < -0.4 is 20.9 Å². The highest BCUT2D eigenvalue weighted by Crippen LogP contribution is 2.27. The summed E-state index contributed by atoms with van der Waals surface area (Å²) in [7, 11) is 0. The van der Waals surface area contributed by atoms with Crippen molar-refractivity contribution in [2.45, 2.75) is 45.4 Å². The van der Waals surface area contributed by atoms with Gasteiger partial charge in [-0.15, -0.1) is 0 Å². The van der Waals surface area contributed by atoms with E-state index in [4.69, 9.17) is 9.47 Å². The Morgan fingerprint density at radius 1 is 0.750 bits per heavy atom. The lowest BCUT2D eigenvalue weighted by Crippen LogP contribution is -2.43. The Morgan fingerprint density at radius 3 is 1.95 bits per heavy atom. The van der Waals surface area contributed by atoms with Crippen LogP contribution in [0.2, 0.25) is 0 Å². The molecule has 10 heteroatoms. The van der Waals surface area contributed by atoms with Crippen molar-refractivity contribution in [1.29, 1.82) is 0 Å². The maximum absolute atomic E-state index is 12.2. The van der Waals surface area contributed by atoms with E-state index in [9.17, 15) is 19.2 Å². The fraction of sp³-hybridized carbons (Fsp3) is 0.267. The van der Waals surface area contributed by atoms with Crippen LogP contribution in [0.5, 0.6) is 11.5 Å². The van der Waals surface area contributed by atoms with Gasteiger partial charge in [-0.25, -0.2) is 0 Å². The van der Waals surface area contributed by atoms with Crippen molar-refractivity contribution in [1.82, 2.24) is 10.9 Å². The Hall–Kier alpha value is -4.18. The highest BCUT2D eigenvalue weighted by atomic mass is 79.9. The molecule has 3 aromatic rings. The van der Waals surface area contributed by atoms with Crippen LogP contribution in [0.4, 0.5) is 5.69 Å². The fourth-order valence-corrected chi connectivity index (χ4v) is 3.70.